The van der Waals surface area contributed by atoms with Crippen molar-refractivity contribution in [2.45, 2.75) is 18.8 Å². The Morgan fingerprint density at radius 2 is 1.64 bits per heavy atom. The van der Waals surface area contributed by atoms with Gasteiger partial charge in [0.2, 0.25) is 0 Å². The first kappa shape index (κ1) is 23.5. The van der Waals surface area contributed by atoms with Gasteiger partial charge in [-0.15, -0.1) is 0 Å². The Bertz CT molecular complexity index is 1870. The number of piperidine rings is 1. The zero-order valence-corrected chi connectivity index (χ0v) is 22.0. The first-order valence-electron chi connectivity index (χ1n) is 13.3. The summed E-state index contributed by atoms with van der Waals surface area (Å²) in [6.45, 7) is 2.11. The van der Waals surface area contributed by atoms with E-state index in [-0.39, 0.29) is 5.69 Å². The Kier molecular flexibility index (Phi) is 5.63. The van der Waals surface area contributed by atoms with Gasteiger partial charge < -0.3 is 5.32 Å². The van der Waals surface area contributed by atoms with E-state index in [1.54, 1.807) is 15.4 Å². The fraction of sp³-hybridized carbons (Fsp3) is 0.226. The summed E-state index contributed by atoms with van der Waals surface area (Å²) >= 11 is 0. The number of aryl methyl sites for hydroxylation is 2. The molecule has 2 aromatic carbocycles. The summed E-state index contributed by atoms with van der Waals surface area (Å²) in [7, 11) is 3.71. The van der Waals surface area contributed by atoms with Gasteiger partial charge in [0.05, 0.1) is 40.3 Å². The molecular weight excluding hydrogens is 486 g/mol. The molecule has 0 saturated carbocycles. The maximum Gasteiger partial charge on any atom is 0.333 e. The van der Waals surface area contributed by atoms with Crippen LogP contribution in [-0.4, -0.2) is 42.0 Å². The first-order chi connectivity index (χ1) is 19.1. The van der Waals surface area contributed by atoms with Crippen molar-refractivity contribution in [2.75, 3.05) is 13.1 Å². The van der Waals surface area contributed by atoms with Crippen LogP contribution in [0.25, 0.3) is 50.0 Å². The van der Waals surface area contributed by atoms with Gasteiger partial charge in [-0.2, -0.15) is 5.10 Å². The van der Waals surface area contributed by atoms with Crippen LogP contribution in [0.15, 0.2) is 84.2 Å². The fourth-order valence-electron chi connectivity index (χ4n) is 5.76. The molecule has 7 rings (SSSR count). The van der Waals surface area contributed by atoms with Crippen molar-refractivity contribution in [3.63, 3.8) is 0 Å². The minimum atomic E-state index is -0.0817. The number of hydrogen-bond acceptors (Lipinski definition) is 5. The summed E-state index contributed by atoms with van der Waals surface area (Å²) in [6, 6.07) is 18.8. The quantitative estimate of drug-likeness (QED) is 0.365. The van der Waals surface area contributed by atoms with E-state index in [1.165, 1.54) is 5.56 Å². The minimum absolute atomic E-state index is 0.0817. The molecule has 8 heteroatoms. The number of benzene rings is 2. The molecule has 0 radical (unpaired) electrons. The average molecular weight is 516 g/mol. The molecule has 1 N–H and O–H groups in total. The highest BCUT2D eigenvalue weighted by Gasteiger charge is 2.19. The van der Waals surface area contributed by atoms with Gasteiger partial charge in [0.15, 0.2) is 0 Å². The van der Waals surface area contributed by atoms with Gasteiger partial charge in [-0.1, -0.05) is 24.3 Å². The number of fused-ring (bicyclic) bond motifs is 3. The van der Waals surface area contributed by atoms with E-state index in [2.05, 4.69) is 62.8 Å². The molecule has 0 spiro atoms. The van der Waals surface area contributed by atoms with E-state index in [9.17, 15) is 4.79 Å². The van der Waals surface area contributed by atoms with Crippen molar-refractivity contribution in [1.29, 1.82) is 0 Å². The van der Waals surface area contributed by atoms with Crippen LogP contribution in [-0.2, 0) is 14.1 Å². The van der Waals surface area contributed by atoms with Crippen LogP contribution in [0, 0.1) is 0 Å². The van der Waals surface area contributed by atoms with E-state index in [1.807, 2.05) is 49.4 Å². The van der Waals surface area contributed by atoms with E-state index in [0.717, 1.165) is 75.9 Å². The lowest BCUT2D eigenvalue weighted by molar-refractivity contribution is 0.460. The monoisotopic (exact) mass is 515 g/mol. The van der Waals surface area contributed by atoms with Crippen LogP contribution in [0.2, 0.25) is 0 Å². The van der Waals surface area contributed by atoms with E-state index in [4.69, 9.17) is 0 Å². The maximum atomic E-state index is 13.5. The van der Waals surface area contributed by atoms with Gasteiger partial charge in [-0.25, -0.2) is 4.79 Å². The number of aromatic nitrogens is 6. The summed E-state index contributed by atoms with van der Waals surface area (Å²) in [4.78, 5) is 22.9. The molecule has 8 nitrogen and oxygen atoms in total. The van der Waals surface area contributed by atoms with Crippen molar-refractivity contribution in [3.05, 3.63) is 95.4 Å². The molecule has 39 heavy (non-hydrogen) atoms. The zero-order chi connectivity index (χ0) is 26.5. The SMILES string of the molecule is Cn1cc(-c2ccc(-c3ccc4ncc5c(c4c3)n(-c3ccc(C4CCNCC4)cc3)c(=O)n5C)cn2)cn1. The highest BCUT2D eigenvalue weighted by atomic mass is 16.1. The van der Waals surface area contributed by atoms with Crippen LogP contribution in [0.1, 0.15) is 24.3 Å². The zero-order valence-electron chi connectivity index (χ0n) is 22.0. The smallest absolute Gasteiger partial charge is 0.317 e. The number of pyridine rings is 2. The first-order valence-corrected chi connectivity index (χ1v) is 13.3. The van der Waals surface area contributed by atoms with Crippen LogP contribution in [0.4, 0.5) is 0 Å². The maximum absolute atomic E-state index is 13.5. The Labute approximate surface area is 225 Å². The molecule has 6 aromatic rings. The van der Waals surface area contributed by atoms with Crippen molar-refractivity contribution < 1.29 is 0 Å². The predicted molar refractivity (Wildman–Crippen MR) is 154 cm³/mol. The molecule has 4 aromatic heterocycles. The van der Waals surface area contributed by atoms with Gasteiger partial charge >= 0.3 is 5.69 Å². The van der Waals surface area contributed by atoms with Crippen molar-refractivity contribution >= 4 is 21.9 Å². The lowest BCUT2D eigenvalue weighted by atomic mass is 9.90. The largest absolute Gasteiger partial charge is 0.333 e. The average Bonchev–Trinajstić information content (AvgIpc) is 3.54. The summed E-state index contributed by atoms with van der Waals surface area (Å²) < 4.78 is 5.27. The van der Waals surface area contributed by atoms with Gasteiger partial charge in [0, 0.05) is 43.0 Å². The van der Waals surface area contributed by atoms with Crippen LogP contribution >= 0.6 is 0 Å². The van der Waals surface area contributed by atoms with E-state index in [0.29, 0.717) is 5.92 Å². The van der Waals surface area contributed by atoms with E-state index >= 15 is 0 Å². The second kappa shape index (κ2) is 9.32. The Balaban J connectivity index is 1.33. The third-order valence-electron chi connectivity index (χ3n) is 7.94. The Hall–Kier alpha value is -4.56. The van der Waals surface area contributed by atoms with Crippen LogP contribution in [0.3, 0.4) is 0 Å². The topological polar surface area (TPSA) is 82.6 Å². The Morgan fingerprint density at radius 1 is 0.846 bits per heavy atom. The second-order valence-electron chi connectivity index (χ2n) is 10.4. The van der Waals surface area contributed by atoms with Crippen LogP contribution in [0.5, 0.6) is 0 Å². The molecule has 0 amide bonds. The summed E-state index contributed by atoms with van der Waals surface area (Å²) in [5, 5.41) is 8.61. The third kappa shape index (κ3) is 4.04. The molecular formula is C31H29N7O. The van der Waals surface area contributed by atoms with Crippen LogP contribution < -0.4 is 11.0 Å². The molecule has 0 bridgehead atoms. The van der Waals surface area contributed by atoms with Crippen molar-refractivity contribution in [3.8, 4) is 28.1 Å². The molecule has 1 fully saturated rings. The number of rotatable bonds is 4. The Morgan fingerprint density at radius 3 is 2.36 bits per heavy atom. The van der Waals surface area contributed by atoms with Gasteiger partial charge in [0.25, 0.3) is 0 Å². The minimum Gasteiger partial charge on any atom is -0.317 e. The molecule has 0 unspecified atom stereocenters. The second-order valence-corrected chi connectivity index (χ2v) is 10.4. The van der Waals surface area contributed by atoms with Gasteiger partial charge in [-0.3, -0.25) is 23.8 Å². The normalized spacial score (nSPS) is 14.4. The lowest BCUT2D eigenvalue weighted by Gasteiger charge is -2.23. The molecule has 5 heterocycles. The van der Waals surface area contributed by atoms with E-state index < -0.39 is 0 Å². The van der Waals surface area contributed by atoms with Crippen molar-refractivity contribution in [1.82, 2.24) is 34.2 Å². The summed E-state index contributed by atoms with van der Waals surface area (Å²) in [5.74, 6) is 0.565. The fourth-order valence-corrected chi connectivity index (χ4v) is 5.76. The highest BCUT2D eigenvalue weighted by Crippen LogP contribution is 2.31. The molecule has 0 aliphatic carbocycles. The standard InChI is InChI=1S/C31H29N7O/c1-36-19-24(17-35-36)27-9-6-23(16-33-27)22-5-10-28-26(15-22)30-29(18-34-28)37(2)31(39)38(30)25-7-3-20(4-8-25)21-11-13-32-14-12-21/h3-10,15-19,21,32H,11-14H2,1-2H3. The number of nitrogens with zero attached hydrogens (tertiary/aromatic N) is 6. The molecule has 1 aliphatic heterocycles. The third-order valence-corrected chi connectivity index (χ3v) is 7.94. The van der Waals surface area contributed by atoms with Gasteiger partial charge in [0.1, 0.15) is 0 Å². The number of hydrogen-bond donors (Lipinski definition) is 1. The summed E-state index contributed by atoms with van der Waals surface area (Å²) in [6.07, 6.45) is 9.73. The van der Waals surface area contributed by atoms with Gasteiger partial charge in [-0.05, 0) is 73.3 Å². The predicted octanol–water partition coefficient (Wildman–Crippen LogP) is 4.81. The molecule has 1 aliphatic rings. The number of imidazole rings is 1. The van der Waals surface area contributed by atoms with Crippen molar-refractivity contribution in [2.24, 2.45) is 14.1 Å². The summed E-state index contributed by atoms with van der Waals surface area (Å²) in [5.41, 5.74) is 8.51. The number of nitrogens with one attached hydrogen (secondary N) is 1. The molecule has 1 saturated heterocycles. The molecule has 0 atom stereocenters. The lowest BCUT2D eigenvalue weighted by Crippen LogP contribution is -2.26. The molecule has 194 valence electrons. The highest BCUT2D eigenvalue weighted by molar-refractivity contribution is 6.04.